The van der Waals surface area contributed by atoms with E-state index in [4.69, 9.17) is 4.74 Å². The minimum atomic E-state index is -0.378. The number of thioether (sulfide) groups is 1. The molecule has 1 rings (SSSR count). The number of hydrogen-bond acceptors (Lipinski definition) is 3. The van der Waals surface area contributed by atoms with Gasteiger partial charge in [-0.3, -0.25) is 0 Å². The minimum Gasteiger partial charge on any atom is -0.390 e. The van der Waals surface area contributed by atoms with Crippen molar-refractivity contribution in [1.82, 2.24) is 0 Å². The molecule has 0 amide bonds. The standard InChI is InChI=1S/C9H18O2S/c1-6-5-9(3,4)11-8(12-6)7(2)10/h6-8,10H,5H2,1-4H3. The van der Waals surface area contributed by atoms with Gasteiger partial charge in [-0.2, -0.15) is 0 Å². The van der Waals surface area contributed by atoms with Crippen molar-refractivity contribution in [3.05, 3.63) is 0 Å². The van der Waals surface area contributed by atoms with Crippen LogP contribution in [0.2, 0.25) is 0 Å². The van der Waals surface area contributed by atoms with E-state index >= 15 is 0 Å². The van der Waals surface area contributed by atoms with Gasteiger partial charge >= 0.3 is 0 Å². The van der Waals surface area contributed by atoms with E-state index in [1.807, 2.05) is 0 Å². The van der Waals surface area contributed by atoms with E-state index in [1.165, 1.54) is 0 Å². The highest BCUT2D eigenvalue weighted by Gasteiger charge is 2.35. The molecule has 0 aromatic rings. The predicted octanol–water partition coefficient (Wildman–Crippen LogP) is 2.01. The van der Waals surface area contributed by atoms with Crippen molar-refractivity contribution in [3.8, 4) is 0 Å². The smallest absolute Gasteiger partial charge is 0.129 e. The second-order valence-electron chi connectivity index (χ2n) is 4.14. The first-order valence-electron chi connectivity index (χ1n) is 4.42. The predicted molar refractivity (Wildman–Crippen MR) is 52.3 cm³/mol. The molecular weight excluding hydrogens is 172 g/mol. The van der Waals surface area contributed by atoms with Gasteiger partial charge in [-0.05, 0) is 27.2 Å². The molecule has 0 bridgehead atoms. The summed E-state index contributed by atoms with van der Waals surface area (Å²) in [5, 5.41) is 9.96. The summed E-state index contributed by atoms with van der Waals surface area (Å²) in [6.07, 6.45) is 0.679. The third-order valence-electron chi connectivity index (χ3n) is 1.97. The zero-order chi connectivity index (χ0) is 9.35. The van der Waals surface area contributed by atoms with Crippen molar-refractivity contribution in [2.75, 3.05) is 0 Å². The van der Waals surface area contributed by atoms with Crippen LogP contribution in [0.1, 0.15) is 34.1 Å². The van der Waals surface area contributed by atoms with Gasteiger partial charge in [0.1, 0.15) is 5.44 Å². The SMILES string of the molecule is CC1CC(C)(C)OC(C(C)O)S1. The van der Waals surface area contributed by atoms with E-state index in [9.17, 15) is 5.11 Å². The second-order valence-corrected chi connectivity index (χ2v) is 5.68. The lowest BCUT2D eigenvalue weighted by Gasteiger charge is -2.40. The minimum absolute atomic E-state index is 0.0521. The van der Waals surface area contributed by atoms with E-state index in [1.54, 1.807) is 18.7 Å². The summed E-state index contributed by atoms with van der Waals surface area (Å²) in [6, 6.07) is 0. The fourth-order valence-electron chi connectivity index (χ4n) is 1.57. The third-order valence-corrected chi connectivity index (χ3v) is 3.36. The molecular formula is C9H18O2S. The highest BCUT2D eigenvalue weighted by Crippen LogP contribution is 2.37. The van der Waals surface area contributed by atoms with Gasteiger partial charge in [0.2, 0.25) is 0 Å². The Hall–Kier alpha value is 0.270. The normalized spacial score (nSPS) is 37.8. The van der Waals surface area contributed by atoms with E-state index in [0.29, 0.717) is 5.25 Å². The lowest BCUT2D eigenvalue weighted by molar-refractivity contribution is -0.0842. The Morgan fingerprint density at radius 1 is 1.58 bits per heavy atom. The topological polar surface area (TPSA) is 29.5 Å². The van der Waals surface area contributed by atoms with Crippen LogP contribution >= 0.6 is 11.8 Å². The van der Waals surface area contributed by atoms with E-state index < -0.39 is 0 Å². The molecule has 0 aliphatic carbocycles. The largest absolute Gasteiger partial charge is 0.390 e. The Morgan fingerprint density at radius 2 is 2.17 bits per heavy atom. The van der Waals surface area contributed by atoms with E-state index in [0.717, 1.165) is 6.42 Å². The Bertz CT molecular complexity index is 157. The molecule has 1 aliphatic rings. The average molecular weight is 190 g/mol. The summed E-state index contributed by atoms with van der Waals surface area (Å²) in [5.41, 5.74) is -0.129. The summed E-state index contributed by atoms with van der Waals surface area (Å²) >= 11 is 1.72. The van der Waals surface area contributed by atoms with Gasteiger partial charge in [-0.25, -0.2) is 0 Å². The summed E-state index contributed by atoms with van der Waals surface area (Å²) in [6.45, 7) is 8.13. The second kappa shape index (κ2) is 3.56. The monoisotopic (exact) mass is 190 g/mol. The molecule has 1 fully saturated rings. The number of aliphatic hydroxyl groups is 1. The first kappa shape index (κ1) is 10.4. The van der Waals surface area contributed by atoms with Crippen LogP contribution in [0.4, 0.5) is 0 Å². The van der Waals surface area contributed by atoms with Gasteiger partial charge in [-0.15, -0.1) is 11.8 Å². The van der Waals surface area contributed by atoms with Crippen LogP contribution in [0.15, 0.2) is 0 Å². The lowest BCUT2D eigenvalue weighted by atomic mass is 10.0. The van der Waals surface area contributed by atoms with Crippen LogP contribution in [0.5, 0.6) is 0 Å². The average Bonchev–Trinajstić information content (AvgIpc) is 1.82. The number of hydrogen-bond donors (Lipinski definition) is 1. The van der Waals surface area contributed by atoms with Crippen LogP contribution in [0.25, 0.3) is 0 Å². The van der Waals surface area contributed by atoms with Crippen molar-refractivity contribution in [1.29, 1.82) is 0 Å². The summed E-state index contributed by atoms with van der Waals surface area (Å²) in [4.78, 5) is 0. The van der Waals surface area contributed by atoms with Gasteiger partial charge in [0, 0.05) is 5.25 Å². The summed E-state index contributed by atoms with van der Waals surface area (Å²) in [5.74, 6) is 0. The molecule has 72 valence electrons. The van der Waals surface area contributed by atoms with Gasteiger partial charge in [0.05, 0.1) is 11.7 Å². The summed E-state index contributed by atoms with van der Waals surface area (Å²) < 4.78 is 5.72. The van der Waals surface area contributed by atoms with Gasteiger partial charge in [0.25, 0.3) is 0 Å². The molecule has 1 saturated heterocycles. The molecule has 0 saturated carbocycles. The van der Waals surface area contributed by atoms with Crippen LogP contribution in [-0.2, 0) is 4.74 Å². The molecule has 0 aromatic carbocycles. The molecule has 1 heterocycles. The van der Waals surface area contributed by atoms with Crippen LogP contribution in [0, 0.1) is 0 Å². The maximum atomic E-state index is 9.38. The van der Waals surface area contributed by atoms with Crippen molar-refractivity contribution < 1.29 is 9.84 Å². The molecule has 12 heavy (non-hydrogen) atoms. The highest BCUT2D eigenvalue weighted by molar-refractivity contribution is 8.00. The fraction of sp³-hybridized carbons (Fsp3) is 1.00. The molecule has 0 spiro atoms. The van der Waals surface area contributed by atoms with Gasteiger partial charge in [-0.1, -0.05) is 6.92 Å². The number of aliphatic hydroxyl groups excluding tert-OH is 1. The Kier molecular flexibility index (Phi) is 3.07. The first-order chi connectivity index (χ1) is 5.41. The molecule has 2 nitrogen and oxygen atoms in total. The highest BCUT2D eigenvalue weighted by atomic mass is 32.2. The molecule has 0 aromatic heterocycles. The Morgan fingerprint density at radius 3 is 2.58 bits per heavy atom. The lowest BCUT2D eigenvalue weighted by Crippen LogP contribution is -2.41. The third kappa shape index (κ3) is 2.64. The maximum absolute atomic E-state index is 9.38. The summed E-state index contributed by atoms with van der Waals surface area (Å²) in [7, 11) is 0. The van der Waals surface area contributed by atoms with Crippen molar-refractivity contribution in [3.63, 3.8) is 0 Å². The molecule has 1 N–H and O–H groups in total. The van der Waals surface area contributed by atoms with Crippen molar-refractivity contribution in [2.24, 2.45) is 0 Å². The quantitative estimate of drug-likeness (QED) is 0.686. The van der Waals surface area contributed by atoms with Crippen molar-refractivity contribution in [2.45, 2.75) is 56.5 Å². The Labute approximate surface area is 78.7 Å². The zero-order valence-electron chi connectivity index (χ0n) is 8.20. The van der Waals surface area contributed by atoms with Crippen LogP contribution in [0.3, 0.4) is 0 Å². The maximum Gasteiger partial charge on any atom is 0.129 e. The molecule has 3 atom stereocenters. The molecule has 0 radical (unpaired) electrons. The fourth-order valence-corrected chi connectivity index (χ4v) is 3.07. The van der Waals surface area contributed by atoms with Crippen LogP contribution < -0.4 is 0 Å². The Balaban J connectivity index is 2.58. The van der Waals surface area contributed by atoms with E-state index in [2.05, 4.69) is 20.8 Å². The van der Waals surface area contributed by atoms with Gasteiger partial charge < -0.3 is 9.84 Å². The molecule has 3 unspecified atom stereocenters. The van der Waals surface area contributed by atoms with Gasteiger partial charge in [0.15, 0.2) is 0 Å². The molecule has 3 heteroatoms. The molecule has 1 aliphatic heterocycles. The number of ether oxygens (including phenoxy) is 1. The van der Waals surface area contributed by atoms with Crippen molar-refractivity contribution >= 4 is 11.8 Å². The first-order valence-corrected chi connectivity index (χ1v) is 5.36. The zero-order valence-corrected chi connectivity index (χ0v) is 9.02. The number of rotatable bonds is 1. The van der Waals surface area contributed by atoms with Crippen LogP contribution in [-0.4, -0.2) is 27.5 Å². The van der Waals surface area contributed by atoms with E-state index in [-0.39, 0.29) is 17.1 Å².